The maximum Gasteiger partial charge on any atom is 0.0192 e. The summed E-state index contributed by atoms with van der Waals surface area (Å²) in [6.45, 7) is 2.20. The van der Waals surface area contributed by atoms with Gasteiger partial charge in [0, 0.05) is 19.6 Å². The van der Waals surface area contributed by atoms with Gasteiger partial charge in [-0.05, 0) is 19.4 Å². The van der Waals surface area contributed by atoms with Gasteiger partial charge in [0.1, 0.15) is 0 Å². The van der Waals surface area contributed by atoms with E-state index in [1.807, 2.05) is 0 Å². The molecule has 2 N–H and O–H groups in total. The maximum absolute atomic E-state index is 3.56. The van der Waals surface area contributed by atoms with Crippen LogP contribution in [-0.2, 0) is 0 Å². The van der Waals surface area contributed by atoms with Crippen LogP contribution >= 0.6 is 0 Å². The standard InChI is InChI=1S/C6H13N2/c1-7-5-6-3-2-4-8-6/h6-8H,1-5H2. The fraction of sp³-hybridized carbons (Fsp3) is 0.833. The second-order valence-electron chi connectivity index (χ2n) is 2.25. The molecular weight excluding hydrogens is 100 g/mol. The summed E-state index contributed by atoms with van der Waals surface area (Å²) >= 11 is 0. The van der Waals surface area contributed by atoms with Crippen LogP contribution in [0.3, 0.4) is 0 Å². The predicted octanol–water partition coefficient (Wildman–Crippen LogP) is 0.120. The first-order valence-corrected chi connectivity index (χ1v) is 3.17. The van der Waals surface area contributed by atoms with E-state index in [0.717, 1.165) is 6.54 Å². The van der Waals surface area contributed by atoms with Gasteiger partial charge in [0.25, 0.3) is 0 Å². The third-order valence-corrected chi connectivity index (χ3v) is 1.55. The summed E-state index contributed by atoms with van der Waals surface area (Å²) < 4.78 is 0. The maximum atomic E-state index is 3.56. The van der Waals surface area contributed by atoms with E-state index in [9.17, 15) is 0 Å². The summed E-state index contributed by atoms with van der Waals surface area (Å²) in [6, 6.07) is 0.687. The van der Waals surface area contributed by atoms with Gasteiger partial charge in [-0.15, -0.1) is 0 Å². The molecule has 0 aromatic carbocycles. The lowest BCUT2D eigenvalue weighted by atomic mass is 10.2. The molecule has 1 heterocycles. The van der Waals surface area contributed by atoms with Crippen molar-refractivity contribution in [3.63, 3.8) is 0 Å². The lowest BCUT2D eigenvalue weighted by Crippen LogP contribution is -2.30. The Morgan fingerprint density at radius 3 is 3.12 bits per heavy atom. The fourth-order valence-electron chi connectivity index (χ4n) is 1.11. The summed E-state index contributed by atoms with van der Waals surface area (Å²) in [5.74, 6) is 0. The average molecular weight is 113 g/mol. The van der Waals surface area contributed by atoms with Gasteiger partial charge in [-0.25, -0.2) is 0 Å². The highest BCUT2D eigenvalue weighted by molar-refractivity contribution is 4.75. The van der Waals surface area contributed by atoms with Gasteiger partial charge in [0.15, 0.2) is 0 Å². The SMILES string of the molecule is [CH2]NCC1CCCN1. The Labute approximate surface area is 50.7 Å². The minimum atomic E-state index is 0.687. The second-order valence-corrected chi connectivity index (χ2v) is 2.25. The largest absolute Gasteiger partial charge is 0.314 e. The van der Waals surface area contributed by atoms with Gasteiger partial charge in [-0.2, -0.15) is 0 Å². The number of nitrogens with one attached hydrogen (secondary N) is 2. The van der Waals surface area contributed by atoms with Crippen LogP contribution in [0.4, 0.5) is 0 Å². The van der Waals surface area contributed by atoms with E-state index in [4.69, 9.17) is 0 Å². The highest BCUT2D eigenvalue weighted by Crippen LogP contribution is 2.02. The van der Waals surface area contributed by atoms with E-state index >= 15 is 0 Å². The van der Waals surface area contributed by atoms with E-state index < -0.39 is 0 Å². The minimum absolute atomic E-state index is 0.687. The Balaban J connectivity index is 2.06. The minimum Gasteiger partial charge on any atom is -0.314 e. The van der Waals surface area contributed by atoms with Crippen LogP contribution in [0.25, 0.3) is 0 Å². The zero-order chi connectivity index (χ0) is 5.82. The third-order valence-electron chi connectivity index (χ3n) is 1.55. The van der Waals surface area contributed by atoms with E-state index in [1.165, 1.54) is 19.4 Å². The molecule has 0 spiro atoms. The molecule has 1 fully saturated rings. The van der Waals surface area contributed by atoms with E-state index in [2.05, 4.69) is 17.7 Å². The highest BCUT2D eigenvalue weighted by Gasteiger charge is 2.11. The van der Waals surface area contributed by atoms with Crippen LogP contribution in [0.1, 0.15) is 12.8 Å². The van der Waals surface area contributed by atoms with Crippen molar-refractivity contribution in [1.82, 2.24) is 10.6 Å². The van der Waals surface area contributed by atoms with E-state index in [0.29, 0.717) is 6.04 Å². The van der Waals surface area contributed by atoms with Crippen LogP contribution in [0.5, 0.6) is 0 Å². The van der Waals surface area contributed by atoms with Crippen LogP contribution in [0.15, 0.2) is 0 Å². The molecular formula is C6H13N2. The normalized spacial score (nSPS) is 28.9. The number of rotatable bonds is 2. The molecule has 0 amide bonds. The Hall–Kier alpha value is -0.0800. The van der Waals surface area contributed by atoms with Gasteiger partial charge in [0.2, 0.25) is 0 Å². The Bertz CT molecular complexity index is 57.5. The zero-order valence-corrected chi connectivity index (χ0v) is 5.11. The van der Waals surface area contributed by atoms with Crippen LogP contribution < -0.4 is 10.6 Å². The first kappa shape index (κ1) is 6.05. The lowest BCUT2D eigenvalue weighted by Gasteiger charge is -2.06. The third kappa shape index (κ3) is 1.46. The molecule has 1 unspecified atom stereocenters. The van der Waals surface area contributed by atoms with Crippen LogP contribution in [0.2, 0.25) is 0 Å². The zero-order valence-electron chi connectivity index (χ0n) is 5.11. The van der Waals surface area contributed by atoms with Crippen LogP contribution in [0, 0.1) is 7.05 Å². The molecule has 1 aliphatic heterocycles. The van der Waals surface area contributed by atoms with Crippen molar-refractivity contribution in [3.8, 4) is 0 Å². The first-order chi connectivity index (χ1) is 3.93. The van der Waals surface area contributed by atoms with E-state index in [-0.39, 0.29) is 0 Å². The van der Waals surface area contributed by atoms with Crippen molar-refractivity contribution >= 4 is 0 Å². The summed E-state index contributed by atoms with van der Waals surface area (Å²) in [5, 5.41) is 6.25. The molecule has 0 saturated carbocycles. The summed E-state index contributed by atoms with van der Waals surface area (Å²) in [4.78, 5) is 0. The molecule has 1 atom stereocenters. The van der Waals surface area contributed by atoms with E-state index in [1.54, 1.807) is 0 Å². The summed E-state index contributed by atoms with van der Waals surface area (Å²) in [5.41, 5.74) is 0. The molecule has 0 aromatic heterocycles. The molecule has 47 valence electrons. The van der Waals surface area contributed by atoms with Crippen molar-refractivity contribution in [2.45, 2.75) is 18.9 Å². The number of hydrogen-bond donors (Lipinski definition) is 2. The smallest absolute Gasteiger partial charge is 0.0192 e. The molecule has 0 bridgehead atoms. The first-order valence-electron chi connectivity index (χ1n) is 3.17. The Morgan fingerprint density at radius 1 is 1.75 bits per heavy atom. The topological polar surface area (TPSA) is 24.1 Å². The average Bonchev–Trinajstić information content (AvgIpc) is 2.19. The lowest BCUT2D eigenvalue weighted by molar-refractivity contribution is 0.578. The fourth-order valence-corrected chi connectivity index (χ4v) is 1.11. The van der Waals surface area contributed by atoms with Crippen molar-refractivity contribution in [2.24, 2.45) is 0 Å². The molecule has 8 heavy (non-hydrogen) atoms. The molecule has 1 radical (unpaired) electrons. The van der Waals surface area contributed by atoms with Crippen molar-refractivity contribution in [2.75, 3.05) is 13.1 Å². The Kier molecular flexibility index (Phi) is 2.30. The van der Waals surface area contributed by atoms with Gasteiger partial charge < -0.3 is 10.6 Å². The molecule has 0 aromatic rings. The second kappa shape index (κ2) is 3.05. The van der Waals surface area contributed by atoms with Crippen molar-refractivity contribution in [1.29, 1.82) is 0 Å². The van der Waals surface area contributed by atoms with Gasteiger partial charge >= 0.3 is 0 Å². The van der Waals surface area contributed by atoms with Gasteiger partial charge in [-0.3, -0.25) is 0 Å². The molecule has 1 aliphatic rings. The highest BCUT2D eigenvalue weighted by atomic mass is 15.0. The molecule has 2 nitrogen and oxygen atoms in total. The Morgan fingerprint density at radius 2 is 2.62 bits per heavy atom. The molecule has 2 heteroatoms. The number of hydrogen-bond acceptors (Lipinski definition) is 2. The molecule has 1 saturated heterocycles. The molecule has 1 rings (SSSR count). The monoisotopic (exact) mass is 113 g/mol. The van der Waals surface area contributed by atoms with Crippen molar-refractivity contribution < 1.29 is 0 Å². The summed E-state index contributed by atoms with van der Waals surface area (Å²) in [7, 11) is 3.56. The predicted molar refractivity (Wildman–Crippen MR) is 34.4 cm³/mol. The molecule has 0 aliphatic carbocycles. The van der Waals surface area contributed by atoms with Gasteiger partial charge in [-0.1, -0.05) is 0 Å². The van der Waals surface area contributed by atoms with Crippen LogP contribution in [-0.4, -0.2) is 19.1 Å². The van der Waals surface area contributed by atoms with Crippen molar-refractivity contribution in [3.05, 3.63) is 7.05 Å². The quantitative estimate of drug-likeness (QED) is 0.531. The summed E-state index contributed by atoms with van der Waals surface area (Å²) in [6.07, 6.45) is 2.63. The van der Waals surface area contributed by atoms with Gasteiger partial charge in [0.05, 0.1) is 0 Å².